The van der Waals surface area contributed by atoms with E-state index in [1.54, 1.807) is 11.3 Å². The van der Waals surface area contributed by atoms with Gasteiger partial charge in [0.25, 0.3) is 0 Å². The van der Waals surface area contributed by atoms with Crippen molar-refractivity contribution >= 4 is 22.9 Å². The van der Waals surface area contributed by atoms with Gasteiger partial charge in [0.05, 0.1) is 5.69 Å². The summed E-state index contributed by atoms with van der Waals surface area (Å²) in [4.78, 5) is 7.28. The summed E-state index contributed by atoms with van der Waals surface area (Å²) in [5, 5.41) is 13.0. The number of hydrogen-bond donors (Lipinski definition) is 1. The quantitative estimate of drug-likeness (QED) is 0.858. The number of halogens is 1. The molecule has 0 radical (unpaired) electrons. The van der Waals surface area contributed by atoms with E-state index in [4.69, 9.17) is 21.7 Å². The molecule has 3 nitrogen and oxygen atoms in total. The molecule has 0 amide bonds. The minimum atomic E-state index is 0.293. The van der Waals surface area contributed by atoms with Gasteiger partial charge in [0.2, 0.25) is 0 Å². The van der Waals surface area contributed by atoms with Crippen molar-refractivity contribution in [1.29, 1.82) is 0 Å². The molecular formula is C17H21ClN2OS. The van der Waals surface area contributed by atoms with Crippen LogP contribution in [0.1, 0.15) is 31.4 Å². The third-order valence-electron chi connectivity index (χ3n) is 4.20. The third kappa shape index (κ3) is 3.87. The van der Waals surface area contributed by atoms with Crippen LogP contribution in [0.3, 0.4) is 0 Å². The van der Waals surface area contributed by atoms with Crippen LogP contribution in [0.25, 0.3) is 10.6 Å². The van der Waals surface area contributed by atoms with Crippen LogP contribution >= 0.6 is 22.9 Å². The minimum absolute atomic E-state index is 0.293. The van der Waals surface area contributed by atoms with Crippen molar-refractivity contribution in [2.75, 3.05) is 13.2 Å². The van der Waals surface area contributed by atoms with Gasteiger partial charge in [-0.2, -0.15) is 0 Å². The van der Waals surface area contributed by atoms with Crippen molar-refractivity contribution < 1.29 is 5.11 Å². The molecule has 1 aliphatic heterocycles. The first-order valence-electron chi connectivity index (χ1n) is 7.81. The predicted molar refractivity (Wildman–Crippen MR) is 92.3 cm³/mol. The summed E-state index contributed by atoms with van der Waals surface area (Å²) in [6.07, 6.45) is 4.48. The Morgan fingerprint density at radius 1 is 1.32 bits per heavy atom. The van der Waals surface area contributed by atoms with Crippen LogP contribution in [0.15, 0.2) is 29.6 Å². The van der Waals surface area contributed by atoms with Gasteiger partial charge in [-0.1, -0.05) is 23.7 Å². The number of aliphatic hydroxyl groups is 1. The Balaban J connectivity index is 1.65. The maximum absolute atomic E-state index is 9.01. The number of benzene rings is 1. The van der Waals surface area contributed by atoms with Crippen LogP contribution < -0.4 is 0 Å². The number of hydrogen-bond acceptors (Lipinski definition) is 4. The van der Waals surface area contributed by atoms with Crippen LogP contribution in [-0.2, 0) is 6.54 Å². The molecule has 0 spiro atoms. The van der Waals surface area contributed by atoms with E-state index in [0.717, 1.165) is 47.2 Å². The van der Waals surface area contributed by atoms with Crippen molar-refractivity contribution in [3.8, 4) is 10.6 Å². The summed E-state index contributed by atoms with van der Waals surface area (Å²) in [7, 11) is 0. The number of rotatable bonds is 6. The van der Waals surface area contributed by atoms with Gasteiger partial charge in [-0.05, 0) is 44.4 Å². The van der Waals surface area contributed by atoms with Crippen molar-refractivity contribution in [2.45, 2.75) is 38.3 Å². The van der Waals surface area contributed by atoms with E-state index in [0.29, 0.717) is 12.6 Å². The summed E-state index contributed by atoms with van der Waals surface area (Å²) >= 11 is 7.62. The lowest BCUT2D eigenvalue weighted by molar-refractivity contribution is 0.209. The average molecular weight is 337 g/mol. The molecule has 0 aliphatic carbocycles. The second kappa shape index (κ2) is 7.55. The highest BCUT2D eigenvalue weighted by Gasteiger charge is 2.24. The second-order valence-electron chi connectivity index (χ2n) is 5.78. The molecule has 1 aromatic heterocycles. The van der Waals surface area contributed by atoms with Crippen molar-refractivity contribution in [3.05, 3.63) is 40.4 Å². The fourth-order valence-corrected chi connectivity index (χ4v) is 4.01. The van der Waals surface area contributed by atoms with E-state index in [2.05, 4.69) is 10.3 Å². The van der Waals surface area contributed by atoms with Crippen LogP contribution in [-0.4, -0.2) is 34.2 Å². The fraction of sp³-hybridized carbons (Fsp3) is 0.471. The highest BCUT2D eigenvalue weighted by molar-refractivity contribution is 7.13. The first-order chi connectivity index (χ1) is 10.8. The van der Waals surface area contributed by atoms with Crippen molar-refractivity contribution in [3.63, 3.8) is 0 Å². The van der Waals surface area contributed by atoms with E-state index in [1.807, 2.05) is 24.3 Å². The molecule has 1 aliphatic rings. The minimum Gasteiger partial charge on any atom is -0.396 e. The summed E-state index contributed by atoms with van der Waals surface area (Å²) in [6.45, 7) is 2.35. The molecule has 1 atom stereocenters. The first-order valence-corrected chi connectivity index (χ1v) is 9.07. The zero-order valence-electron chi connectivity index (χ0n) is 12.5. The van der Waals surface area contributed by atoms with Crippen LogP contribution in [0.2, 0.25) is 5.02 Å². The Hall–Kier alpha value is -0.940. The lowest BCUT2D eigenvalue weighted by Gasteiger charge is -2.23. The molecule has 2 heterocycles. The van der Waals surface area contributed by atoms with E-state index < -0.39 is 0 Å². The molecule has 1 aromatic carbocycles. The maximum atomic E-state index is 9.01. The molecule has 2 aromatic rings. The van der Waals surface area contributed by atoms with E-state index in [9.17, 15) is 0 Å². The first kappa shape index (κ1) is 15.9. The van der Waals surface area contributed by atoms with Gasteiger partial charge in [0.1, 0.15) is 5.01 Å². The zero-order chi connectivity index (χ0) is 15.4. The standard InChI is InChI=1S/C17H21ClN2OS/c18-14-7-5-13(6-8-14)17-19-15(12-22-17)11-20-9-1-3-16(20)4-2-10-21/h5-8,12,16,21H,1-4,9-11H2. The molecule has 1 saturated heterocycles. The van der Waals surface area contributed by atoms with Gasteiger partial charge < -0.3 is 5.11 Å². The molecule has 1 fully saturated rings. The smallest absolute Gasteiger partial charge is 0.123 e. The molecule has 5 heteroatoms. The predicted octanol–water partition coefficient (Wildman–Crippen LogP) is 4.20. The number of aromatic nitrogens is 1. The highest BCUT2D eigenvalue weighted by Crippen LogP contribution is 2.28. The largest absolute Gasteiger partial charge is 0.396 e. The Morgan fingerprint density at radius 2 is 2.14 bits per heavy atom. The third-order valence-corrected chi connectivity index (χ3v) is 5.39. The zero-order valence-corrected chi connectivity index (χ0v) is 14.1. The SMILES string of the molecule is OCCCC1CCCN1Cc1csc(-c2ccc(Cl)cc2)n1. The molecule has 1 N–H and O–H groups in total. The summed E-state index contributed by atoms with van der Waals surface area (Å²) in [5.74, 6) is 0. The van der Waals surface area contributed by atoms with Gasteiger partial charge in [0.15, 0.2) is 0 Å². The maximum Gasteiger partial charge on any atom is 0.123 e. The fourth-order valence-electron chi connectivity index (χ4n) is 3.07. The van der Waals surface area contributed by atoms with Gasteiger partial charge in [-0.3, -0.25) is 4.90 Å². The molecular weight excluding hydrogens is 316 g/mol. The Labute approximate surface area is 140 Å². The number of aliphatic hydroxyl groups excluding tert-OH is 1. The number of nitrogens with zero attached hydrogens (tertiary/aromatic N) is 2. The van der Waals surface area contributed by atoms with E-state index in [-0.39, 0.29) is 0 Å². The number of thiazole rings is 1. The van der Waals surface area contributed by atoms with Gasteiger partial charge in [-0.15, -0.1) is 11.3 Å². The van der Waals surface area contributed by atoms with Crippen LogP contribution in [0.5, 0.6) is 0 Å². The Morgan fingerprint density at radius 3 is 2.91 bits per heavy atom. The Kier molecular flexibility index (Phi) is 5.47. The van der Waals surface area contributed by atoms with Gasteiger partial charge in [0, 0.05) is 35.2 Å². The number of likely N-dealkylation sites (tertiary alicyclic amines) is 1. The van der Waals surface area contributed by atoms with Gasteiger partial charge in [-0.25, -0.2) is 4.98 Å². The lowest BCUT2D eigenvalue weighted by atomic mass is 10.1. The highest BCUT2D eigenvalue weighted by atomic mass is 35.5. The van der Waals surface area contributed by atoms with Crippen molar-refractivity contribution in [2.24, 2.45) is 0 Å². The summed E-state index contributed by atoms with van der Waals surface area (Å²) in [5.41, 5.74) is 2.27. The molecule has 0 bridgehead atoms. The Bertz CT molecular complexity index is 599. The van der Waals surface area contributed by atoms with E-state index in [1.165, 1.54) is 12.8 Å². The lowest BCUT2D eigenvalue weighted by Crippen LogP contribution is -2.29. The van der Waals surface area contributed by atoms with Crippen molar-refractivity contribution in [1.82, 2.24) is 9.88 Å². The summed E-state index contributed by atoms with van der Waals surface area (Å²) in [6, 6.07) is 8.45. The van der Waals surface area contributed by atoms with Crippen LogP contribution in [0, 0.1) is 0 Å². The van der Waals surface area contributed by atoms with Crippen LogP contribution in [0.4, 0.5) is 0 Å². The normalized spacial score (nSPS) is 18.9. The molecule has 118 valence electrons. The average Bonchev–Trinajstić information content (AvgIpc) is 3.16. The second-order valence-corrected chi connectivity index (χ2v) is 7.08. The molecule has 0 saturated carbocycles. The topological polar surface area (TPSA) is 36.4 Å². The monoisotopic (exact) mass is 336 g/mol. The molecule has 1 unspecified atom stereocenters. The molecule has 3 rings (SSSR count). The summed E-state index contributed by atoms with van der Waals surface area (Å²) < 4.78 is 0. The van der Waals surface area contributed by atoms with E-state index >= 15 is 0 Å². The molecule has 22 heavy (non-hydrogen) atoms. The van der Waals surface area contributed by atoms with Gasteiger partial charge >= 0.3 is 0 Å².